The molecule has 21 heteroatoms. The van der Waals surface area contributed by atoms with Crippen molar-refractivity contribution in [2.75, 3.05) is 13.2 Å². The van der Waals surface area contributed by atoms with Gasteiger partial charge in [0.15, 0.2) is 6.10 Å². The Labute approximate surface area is 413 Å². The molecule has 19 nitrogen and oxygen atoms in total. The number of hydrogen-bond donors (Lipinski definition) is 10. The molecule has 1 rings (SSSR count). The van der Waals surface area contributed by atoms with E-state index in [9.17, 15) is 69.1 Å². The first-order valence-corrected chi connectivity index (χ1v) is 27.5. The van der Waals surface area contributed by atoms with Gasteiger partial charge in [-0.25, -0.2) is 9.13 Å². The highest BCUT2D eigenvalue weighted by Gasteiger charge is 2.54. The zero-order valence-corrected chi connectivity index (χ0v) is 42.5. The number of ether oxygens (including phenoxy) is 2. The van der Waals surface area contributed by atoms with E-state index in [1.165, 1.54) is 50.7 Å². The van der Waals surface area contributed by atoms with Crippen LogP contribution in [0.2, 0.25) is 0 Å². The van der Waals surface area contributed by atoms with Gasteiger partial charge in [-0.1, -0.05) is 150 Å². The van der Waals surface area contributed by atoms with Crippen molar-refractivity contribution in [1.82, 2.24) is 0 Å². The lowest BCUT2D eigenvalue weighted by molar-refractivity contribution is -0.216. The van der Waals surface area contributed by atoms with Crippen molar-refractivity contribution in [2.45, 2.75) is 197 Å². The molecule has 0 aromatic heterocycles. The van der Waals surface area contributed by atoms with Gasteiger partial charge in [0.2, 0.25) is 0 Å². The summed E-state index contributed by atoms with van der Waals surface area (Å²) in [5.41, 5.74) is 0. The zero-order chi connectivity index (χ0) is 52.2. The summed E-state index contributed by atoms with van der Waals surface area (Å²) < 4.78 is 49.1. The van der Waals surface area contributed by atoms with Crippen molar-refractivity contribution in [3.05, 3.63) is 85.1 Å². The highest BCUT2D eigenvalue weighted by molar-refractivity contribution is 7.47. The van der Waals surface area contributed by atoms with E-state index < -0.39 is 102 Å². The topological polar surface area (TPSA) is 317 Å². The smallest absolute Gasteiger partial charge is 0.462 e. The Morgan fingerprint density at radius 3 is 1.71 bits per heavy atom. The molecule has 11 atom stereocenters. The van der Waals surface area contributed by atoms with Crippen molar-refractivity contribution in [3.8, 4) is 0 Å². The van der Waals surface area contributed by atoms with Gasteiger partial charge in [0, 0.05) is 12.8 Å². The average molecular weight is 1040 g/mol. The van der Waals surface area contributed by atoms with Crippen molar-refractivity contribution in [2.24, 2.45) is 0 Å². The van der Waals surface area contributed by atoms with Crippen LogP contribution < -0.4 is 0 Å². The van der Waals surface area contributed by atoms with E-state index in [1.807, 2.05) is 18.2 Å². The molecule has 0 heterocycles. The van der Waals surface area contributed by atoms with E-state index >= 15 is 0 Å². The fraction of sp³-hybridized carbons (Fsp3) is 0.673. The van der Waals surface area contributed by atoms with Crippen molar-refractivity contribution < 1.29 is 92.2 Å². The van der Waals surface area contributed by atoms with E-state index in [4.69, 9.17) is 18.5 Å². The molecule has 70 heavy (non-hydrogen) atoms. The number of allylic oxidation sites excluding steroid dienone is 12. The maximum Gasteiger partial charge on any atom is 0.472 e. The Bertz CT molecular complexity index is 1730. The van der Waals surface area contributed by atoms with Crippen LogP contribution in [0.5, 0.6) is 0 Å². The number of aliphatic hydroxyl groups is 7. The Balaban J connectivity index is 2.76. The number of phosphoric acid groups is 2. The normalized spacial score (nSPS) is 23.1. The van der Waals surface area contributed by atoms with Crippen LogP contribution in [-0.2, 0) is 41.8 Å². The molecule has 0 saturated heterocycles. The molecular formula is C49H82O19P2. The van der Waals surface area contributed by atoms with Crippen LogP contribution in [-0.4, -0.2) is 137 Å². The van der Waals surface area contributed by atoms with E-state index in [2.05, 4.69) is 36.6 Å². The van der Waals surface area contributed by atoms with E-state index in [0.29, 0.717) is 25.7 Å². The van der Waals surface area contributed by atoms with Gasteiger partial charge < -0.3 is 59.9 Å². The minimum absolute atomic E-state index is 0.00571. The van der Waals surface area contributed by atoms with Gasteiger partial charge in [-0.3, -0.25) is 23.2 Å². The fourth-order valence-electron chi connectivity index (χ4n) is 6.84. The molecular weight excluding hydrogens is 954 g/mol. The summed E-state index contributed by atoms with van der Waals surface area (Å²) in [6.45, 7) is 2.66. The second-order valence-corrected chi connectivity index (χ2v) is 19.6. The maximum atomic E-state index is 13.0. The van der Waals surface area contributed by atoms with Crippen LogP contribution in [0.25, 0.3) is 0 Å². The van der Waals surface area contributed by atoms with Crippen LogP contribution >= 0.6 is 15.6 Å². The Morgan fingerprint density at radius 2 is 1.09 bits per heavy atom. The third-order valence-electron chi connectivity index (χ3n) is 10.8. The van der Waals surface area contributed by atoms with Gasteiger partial charge in [0.05, 0.1) is 24.9 Å². The predicted molar refractivity (Wildman–Crippen MR) is 264 cm³/mol. The van der Waals surface area contributed by atoms with Gasteiger partial charge in [-0.15, -0.1) is 0 Å². The molecule has 0 aromatic carbocycles. The number of unbranched alkanes of at least 4 members (excludes halogenated alkanes) is 9. The van der Waals surface area contributed by atoms with Crippen LogP contribution in [0.4, 0.5) is 0 Å². The van der Waals surface area contributed by atoms with Crippen LogP contribution in [0.1, 0.15) is 136 Å². The average Bonchev–Trinajstić information content (AvgIpc) is 3.31. The summed E-state index contributed by atoms with van der Waals surface area (Å²) in [7, 11) is -10.8. The van der Waals surface area contributed by atoms with Crippen molar-refractivity contribution in [3.63, 3.8) is 0 Å². The lowest BCUT2D eigenvalue weighted by Gasteiger charge is -2.43. The first kappa shape index (κ1) is 65.1. The van der Waals surface area contributed by atoms with E-state index in [-0.39, 0.29) is 25.7 Å². The number of carbonyl (C=O) groups excluding carboxylic acids is 2. The minimum Gasteiger partial charge on any atom is -0.462 e. The SMILES string of the molecule is CCCCCCCC/C=C\C/C=C\C/C=C\CCCC(=O)O[C@H](COC(=O)CCC[C@@H](O)[C@H](O)/C=C/C=C/C=C\C=C\[C@H](O)CCCCC)COP(=O)(O)O[C@H]1C(O)C(O)C(O)[C@@H](OP(=O)(O)O)C1O. The third-order valence-corrected chi connectivity index (χ3v) is 12.3. The molecule has 0 spiro atoms. The second-order valence-electron chi connectivity index (χ2n) is 17.0. The number of rotatable bonds is 39. The van der Waals surface area contributed by atoms with E-state index in [1.54, 1.807) is 36.5 Å². The highest BCUT2D eigenvalue weighted by Crippen LogP contribution is 2.49. The Morgan fingerprint density at radius 1 is 0.557 bits per heavy atom. The largest absolute Gasteiger partial charge is 0.472 e. The van der Waals surface area contributed by atoms with Gasteiger partial charge >= 0.3 is 27.6 Å². The summed E-state index contributed by atoms with van der Waals surface area (Å²) in [4.78, 5) is 54.3. The summed E-state index contributed by atoms with van der Waals surface area (Å²) >= 11 is 0. The van der Waals surface area contributed by atoms with Gasteiger partial charge in [-0.05, 0) is 57.8 Å². The number of phosphoric ester groups is 2. The summed E-state index contributed by atoms with van der Waals surface area (Å²) in [6, 6.07) is 0. The summed E-state index contributed by atoms with van der Waals surface area (Å²) in [5, 5.41) is 71.9. The second kappa shape index (κ2) is 38.6. The Kier molecular flexibility index (Phi) is 35.9. The van der Waals surface area contributed by atoms with Gasteiger partial charge in [0.1, 0.15) is 43.2 Å². The molecule has 402 valence electrons. The van der Waals surface area contributed by atoms with Crippen molar-refractivity contribution >= 4 is 27.6 Å². The lowest BCUT2D eigenvalue weighted by Crippen LogP contribution is -2.64. The van der Waals surface area contributed by atoms with Crippen molar-refractivity contribution in [1.29, 1.82) is 0 Å². The standard InChI is InChI=1S/C49H82O19P2/c1-3-5-7-8-9-10-11-12-13-14-15-16-17-18-19-24-28-34-43(54)66-39(37-65-70(62,63)68-49-46(57)44(55)45(56)48(47(49)58)67-69(59,60)61)36-64-42(53)35-29-33-41(52)40(51)32-27-23-21-20-22-26-31-38(50)30-25-6-4-2/h12-13,15-16,18-23,26-27,31-32,38-41,44-52,55-58H,3-11,14,17,24-25,28-30,33-37H2,1-2H3,(H,62,63)(H2,59,60,61)/b13-12-,16-15-,19-18-,22-20-,23-21+,31-26+,32-27+/t38-,39-,40-,41-,44?,45?,46?,47?,48-,49+/m1/s1. The molecule has 10 N–H and O–H groups in total. The zero-order valence-electron chi connectivity index (χ0n) is 40.7. The van der Waals surface area contributed by atoms with Gasteiger partial charge in [0.25, 0.3) is 0 Å². The number of hydrogen-bond acceptors (Lipinski definition) is 16. The van der Waals surface area contributed by atoms with Crippen LogP contribution in [0, 0.1) is 0 Å². The molecule has 0 amide bonds. The summed E-state index contributed by atoms with van der Waals surface area (Å²) in [5.74, 6) is -1.60. The first-order valence-electron chi connectivity index (χ1n) is 24.5. The number of carbonyl (C=O) groups is 2. The highest BCUT2D eigenvalue weighted by atomic mass is 31.2. The molecule has 5 unspecified atom stereocenters. The molecule has 1 fully saturated rings. The van der Waals surface area contributed by atoms with Gasteiger partial charge in [-0.2, -0.15) is 0 Å². The van der Waals surface area contributed by atoms with E-state index in [0.717, 1.165) is 32.1 Å². The molecule has 0 radical (unpaired) electrons. The molecule has 0 aliphatic heterocycles. The number of esters is 2. The monoisotopic (exact) mass is 1040 g/mol. The maximum absolute atomic E-state index is 13.0. The molecule has 0 aromatic rings. The predicted octanol–water partition coefficient (Wildman–Crippen LogP) is 6.31. The molecule has 1 aliphatic carbocycles. The minimum atomic E-state index is -5.41. The Hall–Kier alpha value is -2.94. The molecule has 1 saturated carbocycles. The fourth-order valence-corrected chi connectivity index (χ4v) is 8.38. The molecule has 1 aliphatic rings. The summed E-state index contributed by atoms with van der Waals surface area (Å²) in [6.07, 6.45) is 21.8. The van der Waals surface area contributed by atoms with Crippen LogP contribution in [0.15, 0.2) is 85.1 Å². The quantitative estimate of drug-likeness (QED) is 0.0106. The number of aliphatic hydroxyl groups excluding tert-OH is 7. The third kappa shape index (κ3) is 32.2. The first-order chi connectivity index (χ1) is 33.3. The van der Waals surface area contributed by atoms with Crippen LogP contribution in [0.3, 0.4) is 0 Å². The lowest BCUT2D eigenvalue weighted by atomic mass is 9.85. The molecule has 0 bridgehead atoms.